The van der Waals surface area contributed by atoms with Crippen LogP contribution in [0.1, 0.15) is 18.4 Å². The first-order chi connectivity index (χ1) is 15.0. The second-order valence-electron chi connectivity index (χ2n) is 7.60. The van der Waals surface area contributed by atoms with Gasteiger partial charge in [-0.15, -0.1) is 0 Å². The summed E-state index contributed by atoms with van der Waals surface area (Å²) in [6, 6.07) is 14.8. The first-order valence-corrected chi connectivity index (χ1v) is 10.3. The van der Waals surface area contributed by atoms with Gasteiger partial charge >= 0.3 is 0 Å². The summed E-state index contributed by atoms with van der Waals surface area (Å²) in [5.41, 5.74) is 1.96. The molecule has 2 aromatic heterocycles. The number of aromatic nitrogens is 3. The smallest absolute Gasteiger partial charge is 0.258 e. The summed E-state index contributed by atoms with van der Waals surface area (Å²) in [7, 11) is 1.70. The molecule has 31 heavy (non-hydrogen) atoms. The number of aliphatic hydroxyl groups is 2. The number of hydrogen-bond donors (Lipinski definition) is 3. The summed E-state index contributed by atoms with van der Waals surface area (Å²) in [6.45, 7) is 1.21. The van der Waals surface area contributed by atoms with Gasteiger partial charge in [0.25, 0.3) is 5.91 Å². The van der Waals surface area contributed by atoms with E-state index in [9.17, 15) is 9.90 Å². The summed E-state index contributed by atoms with van der Waals surface area (Å²) >= 11 is 0. The average Bonchev–Trinajstić information content (AvgIpc) is 3.08. The van der Waals surface area contributed by atoms with Gasteiger partial charge in [0, 0.05) is 44.9 Å². The minimum Gasteiger partial charge on any atom is -0.396 e. The molecule has 1 aliphatic heterocycles. The predicted octanol–water partition coefficient (Wildman–Crippen LogP) is 2.05. The molecule has 1 saturated heterocycles. The van der Waals surface area contributed by atoms with Crippen molar-refractivity contribution in [2.24, 2.45) is 0 Å². The molecule has 3 aromatic rings. The van der Waals surface area contributed by atoms with Crippen LogP contribution in [-0.4, -0.2) is 62.7 Å². The lowest BCUT2D eigenvalue weighted by molar-refractivity contribution is -0.143. The maximum Gasteiger partial charge on any atom is 0.258 e. The zero-order chi connectivity index (χ0) is 21.8. The summed E-state index contributed by atoms with van der Waals surface area (Å²) in [4.78, 5) is 27.5. The predicted molar refractivity (Wildman–Crippen MR) is 117 cm³/mol. The Hall–Kier alpha value is -3.36. The minimum atomic E-state index is -1.50. The van der Waals surface area contributed by atoms with Crippen molar-refractivity contribution in [1.82, 2.24) is 19.9 Å². The zero-order valence-electron chi connectivity index (χ0n) is 17.3. The summed E-state index contributed by atoms with van der Waals surface area (Å²) < 4.78 is 0. The quantitative estimate of drug-likeness (QED) is 0.503. The number of nitrogens with zero attached hydrogens (tertiary/aromatic N) is 4. The van der Waals surface area contributed by atoms with Crippen molar-refractivity contribution in [1.29, 1.82) is 0 Å². The van der Waals surface area contributed by atoms with Crippen molar-refractivity contribution in [2.75, 3.05) is 32.1 Å². The van der Waals surface area contributed by atoms with Gasteiger partial charge in [0.1, 0.15) is 0 Å². The fraction of sp³-hybridized carbons (Fsp3) is 0.304. The lowest BCUT2D eigenvalue weighted by Gasteiger charge is -2.21. The Morgan fingerprint density at radius 3 is 2.65 bits per heavy atom. The van der Waals surface area contributed by atoms with Crippen LogP contribution in [-0.2, 0) is 10.4 Å². The number of carbonyl (C=O) groups excluding carboxylic acids is 1. The molecule has 0 spiro atoms. The maximum atomic E-state index is 12.5. The van der Waals surface area contributed by atoms with Crippen LogP contribution in [0.2, 0.25) is 0 Å². The molecule has 1 fully saturated rings. The third-order valence-corrected chi connectivity index (χ3v) is 5.43. The van der Waals surface area contributed by atoms with Gasteiger partial charge in [-0.25, -0.2) is 15.0 Å². The van der Waals surface area contributed by atoms with E-state index in [0.29, 0.717) is 48.8 Å². The van der Waals surface area contributed by atoms with E-state index in [2.05, 4.69) is 15.3 Å². The molecule has 8 nitrogen and oxygen atoms in total. The van der Waals surface area contributed by atoms with Gasteiger partial charge in [0.15, 0.2) is 5.60 Å². The number of likely N-dealkylation sites (tertiary alicyclic amines) is 1. The topological polar surface area (TPSA) is 111 Å². The molecule has 0 aliphatic carbocycles. The Labute approximate surface area is 180 Å². The lowest BCUT2D eigenvalue weighted by atomic mass is 9.90. The summed E-state index contributed by atoms with van der Waals surface area (Å²) in [6.07, 6.45) is 2.64. The minimum absolute atomic E-state index is 0.104. The van der Waals surface area contributed by atoms with Gasteiger partial charge in [-0.05, 0) is 36.2 Å². The maximum absolute atomic E-state index is 12.5. The van der Waals surface area contributed by atoms with E-state index in [1.807, 2.05) is 36.4 Å². The highest BCUT2D eigenvalue weighted by atomic mass is 16.3. The van der Waals surface area contributed by atoms with Gasteiger partial charge in [-0.1, -0.05) is 24.3 Å². The highest BCUT2D eigenvalue weighted by Crippen LogP contribution is 2.34. The number of carbonyl (C=O) groups is 1. The molecule has 0 bridgehead atoms. The third kappa shape index (κ3) is 4.26. The van der Waals surface area contributed by atoms with E-state index in [4.69, 9.17) is 10.1 Å². The molecular weight excluding hydrogens is 394 g/mol. The van der Waals surface area contributed by atoms with Crippen LogP contribution < -0.4 is 5.32 Å². The number of hydrogen-bond acceptors (Lipinski definition) is 7. The van der Waals surface area contributed by atoms with Crippen LogP contribution in [0.5, 0.6) is 0 Å². The normalized spacial score (nSPS) is 18.4. The van der Waals surface area contributed by atoms with Gasteiger partial charge < -0.3 is 20.4 Å². The number of aliphatic hydroxyl groups excluding tert-OH is 1. The van der Waals surface area contributed by atoms with Crippen molar-refractivity contribution in [3.63, 3.8) is 0 Å². The van der Waals surface area contributed by atoms with Crippen LogP contribution in [0.3, 0.4) is 0 Å². The van der Waals surface area contributed by atoms with Crippen molar-refractivity contribution in [2.45, 2.75) is 18.4 Å². The van der Waals surface area contributed by atoms with Gasteiger partial charge in [0.05, 0.1) is 17.1 Å². The number of benzene rings is 1. The molecule has 1 atom stereocenters. The van der Waals surface area contributed by atoms with E-state index in [-0.39, 0.29) is 12.5 Å². The second kappa shape index (κ2) is 8.79. The number of pyridine rings is 1. The van der Waals surface area contributed by atoms with Crippen LogP contribution >= 0.6 is 0 Å². The standard InChI is InChI=1S/C23H25N5O3/c1-28-13-10-23(31,21(28)30)17-6-2-5-16(15-17)18-7-3-8-19(26-18)20-9-12-25-22(27-20)24-11-4-14-29/h2-3,5-9,12,15,29,31H,4,10-11,13-14H2,1H3,(H,24,25,27). The largest absolute Gasteiger partial charge is 0.396 e. The average molecular weight is 419 g/mol. The van der Waals surface area contributed by atoms with E-state index in [1.54, 1.807) is 30.3 Å². The number of rotatable bonds is 7. The van der Waals surface area contributed by atoms with E-state index < -0.39 is 5.60 Å². The first kappa shape index (κ1) is 20.9. The molecule has 1 aromatic carbocycles. The van der Waals surface area contributed by atoms with Gasteiger partial charge in [-0.2, -0.15) is 0 Å². The van der Waals surface area contributed by atoms with Gasteiger partial charge in [0.2, 0.25) is 5.95 Å². The molecule has 160 valence electrons. The Kier molecular flexibility index (Phi) is 5.92. The van der Waals surface area contributed by atoms with Crippen molar-refractivity contribution in [3.05, 3.63) is 60.3 Å². The van der Waals surface area contributed by atoms with Crippen LogP contribution in [0.25, 0.3) is 22.6 Å². The van der Waals surface area contributed by atoms with E-state index in [1.165, 1.54) is 0 Å². The zero-order valence-corrected chi connectivity index (χ0v) is 17.3. The summed E-state index contributed by atoms with van der Waals surface area (Å²) in [5.74, 6) is 0.194. The van der Waals surface area contributed by atoms with Gasteiger partial charge in [-0.3, -0.25) is 4.79 Å². The Bertz CT molecular complexity index is 1090. The fourth-order valence-electron chi connectivity index (χ4n) is 3.66. The number of nitrogens with one attached hydrogen (secondary N) is 1. The van der Waals surface area contributed by atoms with Crippen LogP contribution in [0.4, 0.5) is 5.95 Å². The second-order valence-corrected chi connectivity index (χ2v) is 7.60. The molecule has 3 N–H and O–H groups in total. The number of likely N-dealkylation sites (N-methyl/N-ethyl adjacent to an activating group) is 1. The molecule has 1 unspecified atom stereocenters. The monoisotopic (exact) mass is 419 g/mol. The van der Waals surface area contributed by atoms with E-state index >= 15 is 0 Å². The van der Waals surface area contributed by atoms with Crippen molar-refractivity contribution >= 4 is 11.9 Å². The number of anilines is 1. The highest BCUT2D eigenvalue weighted by molar-refractivity contribution is 5.88. The molecule has 1 amide bonds. The molecule has 0 radical (unpaired) electrons. The van der Waals surface area contributed by atoms with Crippen LogP contribution in [0, 0.1) is 0 Å². The number of amides is 1. The molecule has 3 heterocycles. The Morgan fingerprint density at radius 1 is 1.10 bits per heavy atom. The molecule has 4 rings (SSSR count). The molecule has 0 saturated carbocycles. The Balaban J connectivity index is 1.63. The molecular formula is C23H25N5O3. The lowest BCUT2D eigenvalue weighted by Crippen LogP contribution is -2.36. The Morgan fingerprint density at radius 2 is 1.87 bits per heavy atom. The molecule has 8 heteroatoms. The molecule has 1 aliphatic rings. The van der Waals surface area contributed by atoms with Crippen LogP contribution in [0.15, 0.2) is 54.7 Å². The highest BCUT2D eigenvalue weighted by Gasteiger charge is 2.45. The van der Waals surface area contributed by atoms with Crippen molar-refractivity contribution < 1.29 is 15.0 Å². The SMILES string of the molecule is CN1CCC(O)(c2cccc(-c3cccc(-c4ccnc(NCCCO)n4)n3)c2)C1=O. The summed E-state index contributed by atoms with van der Waals surface area (Å²) in [5, 5.41) is 23.0. The van der Waals surface area contributed by atoms with E-state index in [0.717, 1.165) is 11.3 Å². The first-order valence-electron chi connectivity index (χ1n) is 10.3. The van der Waals surface area contributed by atoms with Crippen molar-refractivity contribution in [3.8, 4) is 22.6 Å². The third-order valence-electron chi connectivity index (χ3n) is 5.43. The fourth-order valence-corrected chi connectivity index (χ4v) is 3.66.